The zero-order valence-corrected chi connectivity index (χ0v) is 7.89. The average Bonchev–Trinajstić information content (AvgIpc) is 1.99. The smallest absolute Gasteiger partial charge is 0.158 e. The lowest BCUT2D eigenvalue weighted by atomic mass is 9.98. The van der Waals surface area contributed by atoms with Crippen LogP contribution in [0.3, 0.4) is 0 Å². The lowest BCUT2D eigenvalue weighted by Gasteiger charge is -2.34. The molecule has 1 N–H and O–H groups in total. The number of hydrogen-bond donors (Lipinski definition) is 1. The van der Waals surface area contributed by atoms with E-state index < -0.39 is 6.29 Å². The lowest BCUT2D eigenvalue weighted by Crippen LogP contribution is -2.39. The molecule has 0 amide bonds. The molecule has 0 bridgehead atoms. The first kappa shape index (κ1) is 9.18. The Morgan fingerprint density at radius 3 is 2.82 bits per heavy atom. The highest BCUT2D eigenvalue weighted by atomic mass is 31.0. The summed E-state index contributed by atoms with van der Waals surface area (Å²) in [5.41, 5.74) is 0.432. The molecule has 1 rings (SSSR count). The maximum absolute atomic E-state index is 9.37. The molecule has 1 heterocycles. The Morgan fingerprint density at radius 2 is 2.36 bits per heavy atom. The van der Waals surface area contributed by atoms with Crippen LogP contribution < -0.4 is 0 Å². The van der Waals surface area contributed by atoms with Crippen molar-refractivity contribution < 1.29 is 9.84 Å². The van der Waals surface area contributed by atoms with Crippen LogP contribution in [0.2, 0.25) is 0 Å². The van der Waals surface area contributed by atoms with Gasteiger partial charge in [-0.3, -0.25) is 0 Å². The fourth-order valence-electron chi connectivity index (χ4n) is 1.20. The van der Waals surface area contributed by atoms with Gasteiger partial charge in [0.25, 0.3) is 0 Å². The van der Waals surface area contributed by atoms with Gasteiger partial charge in [-0.05, 0) is 12.1 Å². The SMILES string of the molecule is C=C[C@H]1C[C@H](P)[C@@H](C)[C@H](O)O1. The maximum Gasteiger partial charge on any atom is 0.158 e. The largest absolute Gasteiger partial charge is 0.368 e. The van der Waals surface area contributed by atoms with Gasteiger partial charge in [-0.15, -0.1) is 15.8 Å². The minimum atomic E-state index is -0.630. The second kappa shape index (κ2) is 3.66. The molecule has 0 saturated carbocycles. The number of hydrogen-bond acceptors (Lipinski definition) is 2. The Kier molecular flexibility index (Phi) is 3.06. The summed E-state index contributed by atoms with van der Waals surface area (Å²) in [6, 6.07) is 0. The maximum atomic E-state index is 9.37. The molecule has 1 aliphatic rings. The van der Waals surface area contributed by atoms with Gasteiger partial charge >= 0.3 is 0 Å². The molecule has 5 atom stereocenters. The molecule has 0 spiro atoms. The van der Waals surface area contributed by atoms with Crippen molar-refractivity contribution in [3.8, 4) is 0 Å². The molecule has 64 valence electrons. The zero-order chi connectivity index (χ0) is 8.43. The minimum Gasteiger partial charge on any atom is -0.368 e. The molecule has 0 radical (unpaired) electrons. The van der Waals surface area contributed by atoms with Crippen LogP contribution in [-0.4, -0.2) is 23.2 Å². The van der Waals surface area contributed by atoms with Crippen LogP contribution in [0.15, 0.2) is 12.7 Å². The minimum absolute atomic E-state index is 0.0173. The normalized spacial score (nSPS) is 45.4. The second-order valence-corrected chi connectivity index (χ2v) is 3.92. The summed E-state index contributed by atoms with van der Waals surface area (Å²) in [5, 5.41) is 9.37. The molecule has 0 aromatic carbocycles. The van der Waals surface area contributed by atoms with Crippen LogP contribution in [0.1, 0.15) is 13.3 Å². The third kappa shape index (κ3) is 2.02. The van der Waals surface area contributed by atoms with Crippen molar-refractivity contribution in [2.75, 3.05) is 0 Å². The third-order valence-corrected chi connectivity index (χ3v) is 3.09. The summed E-state index contributed by atoms with van der Waals surface area (Å²) >= 11 is 0. The highest BCUT2D eigenvalue weighted by molar-refractivity contribution is 7.17. The van der Waals surface area contributed by atoms with Crippen molar-refractivity contribution in [1.82, 2.24) is 0 Å². The molecule has 1 unspecified atom stereocenters. The topological polar surface area (TPSA) is 29.5 Å². The second-order valence-electron chi connectivity index (χ2n) is 3.06. The van der Waals surface area contributed by atoms with Gasteiger partial charge in [0.15, 0.2) is 6.29 Å². The van der Waals surface area contributed by atoms with E-state index >= 15 is 0 Å². The van der Waals surface area contributed by atoms with Crippen molar-refractivity contribution in [2.45, 2.75) is 31.4 Å². The quantitative estimate of drug-likeness (QED) is 0.477. The molecule has 0 aromatic heterocycles. The van der Waals surface area contributed by atoms with Crippen LogP contribution in [-0.2, 0) is 4.74 Å². The van der Waals surface area contributed by atoms with E-state index in [1.807, 2.05) is 6.92 Å². The molecule has 2 nitrogen and oxygen atoms in total. The van der Waals surface area contributed by atoms with E-state index in [0.29, 0.717) is 5.66 Å². The molecule has 3 heteroatoms. The summed E-state index contributed by atoms with van der Waals surface area (Å²) in [7, 11) is 2.73. The van der Waals surface area contributed by atoms with E-state index in [2.05, 4.69) is 15.8 Å². The van der Waals surface area contributed by atoms with Gasteiger partial charge in [0, 0.05) is 5.92 Å². The van der Waals surface area contributed by atoms with Crippen LogP contribution >= 0.6 is 9.24 Å². The van der Waals surface area contributed by atoms with E-state index in [9.17, 15) is 5.11 Å². The van der Waals surface area contributed by atoms with Gasteiger partial charge in [0.05, 0.1) is 6.10 Å². The van der Waals surface area contributed by atoms with Crippen LogP contribution in [0.4, 0.5) is 0 Å². The van der Waals surface area contributed by atoms with E-state index in [4.69, 9.17) is 4.74 Å². The van der Waals surface area contributed by atoms with Crippen LogP contribution in [0.5, 0.6) is 0 Å². The highest BCUT2D eigenvalue weighted by Gasteiger charge is 2.30. The van der Waals surface area contributed by atoms with Gasteiger partial charge in [-0.25, -0.2) is 0 Å². The first-order valence-electron chi connectivity index (χ1n) is 3.87. The van der Waals surface area contributed by atoms with Gasteiger partial charge in [0.1, 0.15) is 0 Å². The highest BCUT2D eigenvalue weighted by Crippen LogP contribution is 2.29. The summed E-state index contributed by atoms with van der Waals surface area (Å²) in [4.78, 5) is 0. The van der Waals surface area contributed by atoms with E-state index in [0.717, 1.165) is 6.42 Å². The third-order valence-electron chi connectivity index (χ3n) is 2.21. The van der Waals surface area contributed by atoms with Gasteiger partial charge in [-0.1, -0.05) is 13.0 Å². The van der Waals surface area contributed by atoms with Crippen molar-refractivity contribution >= 4 is 9.24 Å². The summed E-state index contributed by atoms with van der Waals surface area (Å²) in [6.07, 6.45) is 2.07. The van der Waals surface area contributed by atoms with Crippen molar-refractivity contribution in [1.29, 1.82) is 0 Å². The summed E-state index contributed by atoms with van der Waals surface area (Å²) < 4.78 is 5.24. The summed E-state index contributed by atoms with van der Waals surface area (Å²) in [6.45, 7) is 5.62. The fraction of sp³-hybridized carbons (Fsp3) is 0.750. The van der Waals surface area contributed by atoms with Crippen molar-refractivity contribution in [3.63, 3.8) is 0 Å². The predicted octanol–water partition coefficient (Wildman–Crippen LogP) is 1.16. The molecule has 0 aliphatic carbocycles. The van der Waals surface area contributed by atoms with Crippen LogP contribution in [0.25, 0.3) is 0 Å². The van der Waals surface area contributed by atoms with Gasteiger partial charge in [-0.2, -0.15) is 0 Å². The Hall–Kier alpha value is 0.0900. The van der Waals surface area contributed by atoms with E-state index in [-0.39, 0.29) is 12.0 Å². The molecule has 0 aromatic rings. The zero-order valence-electron chi connectivity index (χ0n) is 6.73. The fourth-order valence-corrected chi connectivity index (χ4v) is 1.66. The number of aliphatic hydroxyl groups excluding tert-OH is 1. The number of ether oxygens (including phenoxy) is 1. The average molecular weight is 174 g/mol. The first-order valence-corrected chi connectivity index (χ1v) is 4.53. The van der Waals surface area contributed by atoms with E-state index in [1.54, 1.807) is 6.08 Å². The Balaban J connectivity index is 2.54. The summed E-state index contributed by atoms with van der Waals surface area (Å²) in [5.74, 6) is 0.205. The Bertz CT molecular complexity index is 137. The molecule has 1 aliphatic heterocycles. The number of rotatable bonds is 1. The Labute approximate surface area is 69.8 Å². The van der Waals surface area contributed by atoms with Gasteiger partial charge < -0.3 is 9.84 Å². The Morgan fingerprint density at radius 1 is 1.73 bits per heavy atom. The van der Waals surface area contributed by atoms with Crippen molar-refractivity contribution in [2.24, 2.45) is 5.92 Å². The standard InChI is InChI=1S/C8H15O2P/c1-3-6-4-7(11)5(2)8(9)10-6/h3,5-9H,1,4,11H2,2H3/t5-,6+,7+,8-/m1/s1. The number of aliphatic hydroxyl groups is 1. The molecule has 1 fully saturated rings. The molecule has 11 heavy (non-hydrogen) atoms. The van der Waals surface area contributed by atoms with Gasteiger partial charge in [0.2, 0.25) is 0 Å². The van der Waals surface area contributed by atoms with Crippen molar-refractivity contribution in [3.05, 3.63) is 12.7 Å². The molecular formula is C8H15O2P. The lowest BCUT2D eigenvalue weighted by molar-refractivity contribution is -0.173. The first-order chi connectivity index (χ1) is 5.15. The van der Waals surface area contributed by atoms with E-state index in [1.165, 1.54) is 0 Å². The van der Waals surface area contributed by atoms with Crippen LogP contribution in [0, 0.1) is 5.92 Å². The molecular weight excluding hydrogens is 159 g/mol. The predicted molar refractivity (Wildman–Crippen MR) is 48.4 cm³/mol. The molecule has 1 saturated heterocycles. The monoisotopic (exact) mass is 174 g/mol.